The number of amides is 2. The van der Waals surface area contributed by atoms with Crippen LogP contribution < -0.4 is 10.6 Å². The van der Waals surface area contributed by atoms with Crippen molar-refractivity contribution in [2.75, 3.05) is 6.54 Å². The van der Waals surface area contributed by atoms with Gasteiger partial charge in [0, 0.05) is 24.9 Å². The zero-order valence-electron chi connectivity index (χ0n) is 13.4. The molecule has 2 heterocycles. The lowest BCUT2D eigenvalue weighted by Gasteiger charge is -2.13. The lowest BCUT2D eigenvalue weighted by Crippen LogP contribution is -2.38. The molecule has 2 amide bonds. The molecule has 0 aliphatic heterocycles. The molecular weight excluding hydrogens is 300 g/mol. The molecule has 120 valence electrons. The van der Waals surface area contributed by atoms with E-state index in [9.17, 15) is 4.79 Å². The van der Waals surface area contributed by atoms with Gasteiger partial charge in [-0.15, -0.1) is 21.5 Å². The number of aryl methyl sites for hydroxylation is 3. The second kappa shape index (κ2) is 7.35. The highest BCUT2D eigenvalue weighted by atomic mass is 32.1. The zero-order chi connectivity index (χ0) is 16.1. The number of aromatic nitrogens is 4. The van der Waals surface area contributed by atoms with E-state index in [1.54, 1.807) is 22.2 Å². The van der Waals surface area contributed by atoms with Gasteiger partial charge >= 0.3 is 6.03 Å². The van der Waals surface area contributed by atoms with Crippen LogP contribution in [0.3, 0.4) is 0 Å². The molecule has 0 aliphatic carbocycles. The molecule has 22 heavy (non-hydrogen) atoms. The molecule has 2 N–H and O–H groups in total. The molecule has 2 aromatic rings. The van der Waals surface area contributed by atoms with Crippen LogP contribution in [0.4, 0.5) is 4.79 Å². The summed E-state index contributed by atoms with van der Waals surface area (Å²) in [5.74, 6) is 0.721. The Kier molecular flexibility index (Phi) is 5.48. The van der Waals surface area contributed by atoms with Gasteiger partial charge in [0.2, 0.25) is 0 Å². The van der Waals surface area contributed by atoms with E-state index in [1.807, 2.05) is 14.0 Å². The fourth-order valence-electron chi connectivity index (χ4n) is 2.20. The van der Waals surface area contributed by atoms with E-state index >= 15 is 0 Å². The van der Waals surface area contributed by atoms with Gasteiger partial charge in [0.25, 0.3) is 0 Å². The number of nitrogens with one attached hydrogen (secondary N) is 2. The van der Waals surface area contributed by atoms with Gasteiger partial charge in [-0.05, 0) is 20.3 Å². The minimum Gasteiger partial charge on any atom is -0.338 e. The van der Waals surface area contributed by atoms with Crippen molar-refractivity contribution in [3.63, 3.8) is 0 Å². The molecule has 0 aliphatic rings. The summed E-state index contributed by atoms with van der Waals surface area (Å²) in [5, 5.41) is 14.5. The fourth-order valence-corrected chi connectivity index (χ4v) is 3.22. The second-order valence-corrected chi connectivity index (χ2v) is 6.42. The summed E-state index contributed by atoms with van der Waals surface area (Å²) in [4.78, 5) is 17.7. The summed E-state index contributed by atoms with van der Waals surface area (Å²) < 4.78 is 1.79. The Balaban J connectivity index is 1.77. The molecule has 8 heteroatoms. The maximum Gasteiger partial charge on any atom is 0.315 e. The Bertz CT molecular complexity index is 635. The highest BCUT2D eigenvalue weighted by molar-refractivity contribution is 7.11. The number of hydrogen-bond acceptors (Lipinski definition) is 5. The van der Waals surface area contributed by atoms with E-state index in [4.69, 9.17) is 0 Å². The molecule has 1 atom stereocenters. The molecule has 7 nitrogen and oxygen atoms in total. The van der Waals surface area contributed by atoms with Crippen molar-refractivity contribution in [2.45, 2.75) is 39.7 Å². The van der Waals surface area contributed by atoms with Gasteiger partial charge in [-0.3, -0.25) is 0 Å². The molecule has 0 saturated heterocycles. The summed E-state index contributed by atoms with van der Waals surface area (Å²) in [7, 11) is 1.85. The first-order valence-corrected chi connectivity index (χ1v) is 8.16. The maximum atomic E-state index is 11.9. The number of hydrogen-bond donors (Lipinski definition) is 2. The number of thiazole rings is 1. The molecule has 0 fully saturated rings. The van der Waals surface area contributed by atoms with Crippen LogP contribution >= 0.6 is 11.3 Å². The Morgan fingerprint density at radius 1 is 1.50 bits per heavy atom. The van der Waals surface area contributed by atoms with Crippen LogP contribution in [0.5, 0.6) is 0 Å². The molecular formula is C14H22N6OS. The average Bonchev–Trinajstić information content (AvgIpc) is 3.04. The Hall–Kier alpha value is -1.96. The van der Waals surface area contributed by atoms with Crippen molar-refractivity contribution in [3.05, 3.63) is 27.7 Å². The minimum absolute atomic E-state index is 0.193. The Morgan fingerprint density at radius 3 is 2.86 bits per heavy atom. The van der Waals surface area contributed by atoms with E-state index in [0.29, 0.717) is 6.54 Å². The van der Waals surface area contributed by atoms with Gasteiger partial charge in [-0.2, -0.15) is 0 Å². The Morgan fingerprint density at radius 2 is 2.27 bits per heavy atom. The highest BCUT2D eigenvalue weighted by Crippen LogP contribution is 2.17. The van der Waals surface area contributed by atoms with Gasteiger partial charge in [0.15, 0.2) is 5.82 Å². The third-order valence-electron chi connectivity index (χ3n) is 3.38. The van der Waals surface area contributed by atoms with Gasteiger partial charge in [0.05, 0.1) is 16.7 Å². The highest BCUT2D eigenvalue weighted by Gasteiger charge is 2.14. The van der Waals surface area contributed by atoms with Gasteiger partial charge < -0.3 is 15.2 Å². The topological polar surface area (TPSA) is 84.7 Å². The largest absolute Gasteiger partial charge is 0.338 e. The number of nitrogens with zero attached hydrogens (tertiary/aromatic N) is 4. The van der Waals surface area contributed by atoms with Gasteiger partial charge in [-0.25, -0.2) is 9.78 Å². The van der Waals surface area contributed by atoms with E-state index < -0.39 is 0 Å². The van der Waals surface area contributed by atoms with Crippen LogP contribution in [-0.4, -0.2) is 32.3 Å². The molecule has 0 unspecified atom stereocenters. The van der Waals surface area contributed by atoms with Crippen LogP contribution in [0.25, 0.3) is 0 Å². The number of carbonyl (C=O) groups excluding carboxylic acids is 1. The predicted octanol–water partition coefficient (Wildman–Crippen LogP) is 1.75. The van der Waals surface area contributed by atoms with E-state index in [-0.39, 0.29) is 12.1 Å². The fraction of sp³-hybridized carbons (Fsp3) is 0.571. The van der Waals surface area contributed by atoms with Gasteiger partial charge in [0.1, 0.15) is 6.33 Å². The maximum absolute atomic E-state index is 11.9. The minimum atomic E-state index is -0.209. The van der Waals surface area contributed by atoms with Crippen LogP contribution in [0, 0.1) is 6.92 Å². The summed E-state index contributed by atoms with van der Waals surface area (Å²) in [6.07, 6.45) is 3.31. The van der Waals surface area contributed by atoms with Crippen LogP contribution in [0.2, 0.25) is 0 Å². The van der Waals surface area contributed by atoms with Crippen molar-refractivity contribution >= 4 is 17.4 Å². The quantitative estimate of drug-likeness (QED) is 0.848. The lowest BCUT2D eigenvalue weighted by molar-refractivity contribution is 0.237. The predicted molar refractivity (Wildman–Crippen MR) is 85.9 cm³/mol. The third kappa shape index (κ3) is 4.03. The molecule has 0 aromatic carbocycles. The summed E-state index contributed by atoms with van der Waals surface area (Å²) in [5.41, 5.74) is 1.15. The second-order valence-electron chi connectivity index (χ2n) is 5.14. The SMILES string of the molecule is CCc1nc(CCNC(=O)N[C@@H](C)c2nncn2C)sc1C. The summed E-state index contributed by atoms with van der Waals surface area (Å²) >= 11 is 1.70. The van der Waals surface area contributed by atoms with Crippen molar-refractivity contribution in [2.24, 2.45) is 7.05 Å². The zero-order valence-corrected chi connectivity index (χ0v) is 14.2. The van der Waals surface area contributed by atoms with Crippen molar-refractivity contribution in [3.8, 4) is 0 Å². The molecule has 2 rings (SSSR count). The molecule has 0 bridgehead atoms. The van der Waals surface area contributed by atoms with Crippen LogP contribution in [0.15, 0.2) is 6.33 Å². The number of rotatable bonds is 6. The number of carbonyl (C=O) groups is 1. The number of urea groups is 1. The van der Waals surface area contributed by atoms with Crippen LogP contribution in [-0.2, 0) is 19.9 Å². The smallest absolute Gasteiger partial charge is 0.315 e. The van der Waals surface area contributed by atoms with Gasteiger partial charge in [-0.1, -0.05) is 6.92 Å². The molecule has 0 radical (unpaired) electrons. The van der Waals surface area contributed by atoms with Crippen LogP contribution in [0.1, 0.15) is 41.3 Å². The first kappa shape index (κ1) is 16.4. The molecule has 0 spiro atoms. The van der Waals surface area contributed by atoms with Crippen molar-refractivity contribution in [1.29, 1.82) is 0 Å². The van der Waals surface area contributed by atoms with E-state index in [1.165, 1.54) is 4.88 Å². The Labute approximate surface area is 134 Å². The monoisotopic (exact) mass is 322 g/mol. The first-order valence-electron chi connectivity index (χ1n) is 7.34. The molecule has 0 saturated carbocycles. The first-order chi connectivity index (χ1) is 10.5. The average molecular weight is 322 g/mol. The van der Waals surface area contributed by atoms with E-state index in [2.05, 4.69) is 39.7 Å². The van der Waals surface area contributed by atoms with Crippen molar-refractivity contribution in [1.82, 2.24) is 30.4 Å². The van der Waals surface area contributed by atoms with Crippen molar-refractivity contribution < 1.29 is 4.79 Å². The van der Waals surface area contributed by atoms with E-state index in [0.717, 1.165) is 29.4 Å². The summed E-state index contributed by atoms with van der Waals surface area (Å²) in [6.45, 7) is 6.63. The standard InChI is InChI=1S/C14H22N6OS/c1-5-11-10(3)22-12(18-11)6-7-15-14(21)17-9(2)13-19-16-8-20(13)4/h8-9H,5-7H2,1-4H3,(H2,15,17,21)/t9-/m0/s1. The molecule has 2 aromatic heterocycles. The summed E-state index contributed by atoms with van der Waals surface area (Å²) in [6, 6.07) is -0.402. The third-order valence-corrected chi connectivity index (χ3v) is 4.45. The normalized spacial score (nSPS) is 12.2. The lowest BCUT2D eigenvalue weighted by atomic mass is 10.3.